The van der Waals surface area contributed by atoms with Crippen LogP contribution in [0.15, 0.2) is 12.2 Å². The number of imide groups is 1. The Morgan fingerprint density at radius 1 is 0.800 bits per heavy atom. The highest BCUT2D eigenvalue weighted by atomic mass is 16.6. The zero-order valence-electron chi connectivity index (χ0n) is 14.4. The van der Waals surface area contributed by atoms with Gasteiger partial charge < -0.3 is 23.7 Å². The third-order valence-electron chi connectivity index (χ3n) is 3.15. The van der Waals surface area contributed by atoms with E-state index >= 15 is 0 Å². The maximum atomic E-state index is 11.3. The van der Waals surface area contributed by atoms with Crippen LogP contribution in [0.1, 0.15) is 6.42 Å². The summed E-state index contributed by atoms with van der Waals surface area (Å²) in [4.78, 5) is 34.5. The van der Waals surface area contributed by atoms with Crippen molar-refractivity contribution < 1.29 is 38.1 Å². The fraction of sp³-hybridized carbons (Fsp3) is 0.688. The smallest absolute Gasteiger partial charge is 0.307 e. The lowest BCUT2D eigenvalue weighted by Crippen LogP contribution is -2.33. The summed E-state index contributed by atoms with van der Waals surface area (Å²) < 4.78 is 25.6. The molecule has 0 unspecified atom stereocenters. The Morgan fingerprint density at radius 2 is 1.24 bits per heavy atom. The van der Waals surface area contributed by atoms with Crippen LogP contribution in [0.5, 0.6) is 0 Å². The van der Waals surface area contributed by atoms with E-state index in [9.17, 15) is 14.4 Å². The minimum absolute atomic E-state index is 0.232. The van der Waals surface area contributed by atoms with Crippen molar-refractivity contribution in [2.45, 2.75) is 6.42 Å². The van der Waals surface area contributed by atoms with Crippen LogP contribution in [-0.4, -0.2) is 89.2 Å². The van der Waals surface area contributed by atoms with Crippen LogP contribution in [-0.2, 0) is 38.1 Å². The number of rotatable bonds is 15. The predicted octanol–water partition coefficient (Wildman–Crippen LogP) is -0.459. The molecular formula is C16H25NO8. The molecule has 25 heavy (non-hydrogen) atoms. The Balaban J connectivity index is 1.77. The first kappa shape index (κ1) is 21.2. The van der Waals surface area contributed by atoms with Gasteiger partial charge in [0.05, 0.1) is 72.9 Å². The molecule has 0 fully saturated rings. The molecule has 0 aliphatic carbocycles. The van der Waals surface area contributed by atoms with Crippen LogP contribution in [0.4, 0.5) is 0 Å². The highest BCUT2D eigenvalue weighted by molar-refractivity contribution is 6.12. The maximum Gasteiger partial charge on any atom is 0.307 e. The summed E-state index contributed by atoms with van der Waals surface area (Å²) in [6.07, 6.45) is 2.72. The number of amides is 2. The van der Waals surface area contributed by atoms with Gasteiger partial charge in [0.15, 0.2) is 0 Å². The quantitative estimate of drug-likeness (QED) is 0.220. The van der Waals surface area contributed by atoms with Crippen molar-refractivity contribution in [1.82, 2.24) is 4.90 Å². The molecule has 1 heterocycles. The first-order chi connectivity index (χ1) is 12.1. The van der Waals surface area contributed by atoms with Gasteiger partial charge in [0.2, 0.25) is 0 Å². The van der Waals surface area contributed by atoms with Crippen LogP contribution < -0.4 is 0 Å². The van der Waals surface area contributed by atoms with E-state index in [1.54, 1.807) is 0 Å². The van der Waals surface area contributed by atoms with Gasteiger partial charge in [-0.05, 0) is 0 Å². The Kier molecular flexibility index (Phi) is 11.4. The lowest BCUT2D eigenvalue weighted by molar-refractivity contribution is -0.142. The summed E-state index contributed by atoms with van der Waals surface area (Å²) in [5.41, 5.74) is 0. The predicted molar refractivity (Wildman–Crippen MR) is 85.8 cm³/mol. The molecule has 0 aromatic heterocycles. The molecule has 0 atom stereocenters. The summed E-state index contributed by atoms with van der Waals surface area (Å²) in [5, 5.41) is 0. The molecule has 0 saturated carbocycles. The molecule has 0 saturated heterocycles. The Labute approximate surface area is 146 Å². The number of methoxy groups -OCH3 is 1. The number of carbonyl (C=O) groups excluding carboxylic acids is 3. The molecule has 9 nitrogen and oxygen atoms in total. The zero-order chi connectivity index (χ0) is 18.3. The average molecular weight is 359 g/mol. The number of hydrogen-bond acceptors (Lipinski definition) is 8. The van der Waals surface area contributed by atoms with E-state index in [0.717, 1.165) is 4.90 Å². The molecule has 0 radical (unpaired) electrons. The fourth-order valence-electron chi connectivity index (χ4n) is 1.83. The SMILES string of the molecule is COC(=O)CCOCCOCCOCCOCCN1C(=O)C=CC1=O. The standard InChI is InChI=1S/C16H25NO8/c1-21-16(20)4-6-22-8-10-24-12-13-25-11-9-23-7-5-17-14(18)2-3-15(17)19/h2-3H,4-13H2,1H3. The molecule has 0 bridgehead atoms. The van der Waals surface area contributed by atoms with E-state index in [4.69, 9.17) is 18.9 Å². The highest BCUT2D eigenvalue weighted by Crippen LogP contribution is 2.02. The lowest BCUT2D eigenvalue weighted by atomic mass is 10.5. The summed E-state index contributed by atoms with van der Waals surface area (Å²) in [5.74, 6) is -0.917. The van der Waals surface area contributed by atoms with Crippen LogP contribution in [0, 0.1) is 0 Å². The number of esters is 1. The molecule has 0 spiro atoms. The topological polar surface area (TPSA) is 101 Å². The number of ether oxygens (including phenoxy) is 5. The molecule has 0 N–H and O–H groups in total. The fourth-order valence-corrected chi connectivity index (χ4v) is 1.83. The second kappa shape index (κ2) is 13.5. The Hall–Kier alpha value is -1.81. The van der Waals surface area contributed by atoms with Crippen LogP contribution in [0.2, 0.25) is 0 Å². The molecule has 0 aromatic rings. The van der Waals surface area contributed by atoms with Gasteiger partial charge in [0, 0.05) is 12.2 Å². The van der Waals surface area contributed by atoms with E-state index in [1.165, 1.54) is 19.3 Å². The Bertz CT molecular complexity index is 433. The van der Waals surface area contributed by atoms with Gasteiger partial charge in [-0.3, -0.25) is 19.3 Å². The number of carbonyl (C=O) groups is 3. The largest absolute Gasteiger partial charge is 0.469 e. The third-order valence-corrected chi connectivity index (χ3v) is 3.15. The molecular weight excluding hydrogens is 334 g/mol. The first-order valence-corrected chi connectivity index (χ1v) is 8.06. The molecule has 2 amide bonds. The van der Waals surface area contributed by atoms with Crippen molar-refractivity contribution in [2.24, 2.45) is 0 Å². The summed E-state index contributed by atoms with van der Waals surface area (Å²) in [6.45, 7) is 3.30. The van der Waals surface area contributed by atoms with Crippen molar-refractivity contribution in [2.75, 3.05) is 66.5 Å². The van der Waals surface area contributed by atoms with Gasteiger partial charge in [0.1, 0.15) is 0 Å². The van der Waals surface area contributed by atoms with E-state index in [2.05, 4.69) is 4.74 Å². The van der Waals surface area contributed by atoms with Gasteiger partial charge >= 0.3 is 5.97 Å². The lowest BCUT2D eigenvalue weighted by Gasteiger charge is -2.13. The zero-order valence-corrected chi connectivity index (χ0v) is 14.4. The Morgan fingerprint density at radius 3 is 1.72 bits per heavy atom. The minimum atomic E-state index is -0.309. The second-order valence-electron chi connectivity index (χ2n) is 4.94. The molecule has 1 rings (SSSR count). The summed E-state index contributed by atoms with van der Waals surface area (Å²) in [7, 11) is 1.34. The number of nitrogens with zero attached hydrogens (tertiary/aromatic N) is 1. The van der Waals surface area contributed by atoms with Gasteiger partial charge in [-0.15, -0.1) is 0 Å². The van der Waals surface area contributed by atoms with Gasteiger partial charge in [-0.1, -0.05) is 0 Å². The summed E-state index contributed by atoms with van der Waals surface area (Å²) >= 11 is 0. The van der Waals surface area contributed by atoms with Gasteiger partial charge in [0.25, 0.3) is 11.8 Å². The van der Waals surface area contributed by atoms with E-state index in [-0.39, 0.29) is 37.4 Å². The normalized spacial score (nSPS) is 13.7. The monoisotopic (exact) mass is 359 g/mol. The molecule has 1 aliphatic rings. The molecule has 0 aromatic carbocycles. The van der Waals surface area contributed by atoms with Crippen molar-refractivity contribution >= 4 is 17.8 Å². The summed E-state index contributed by atoms with van der Waals surface area (Å²) in [6, 6.07) is 0. The van der Waals surface area contributed by atoms with E-state index < -0.39 is 0 Å². The van der Waals surface area contributed by atoms with Crippen molar-refractivity contribution in [1.29, 1.82) is 0 Å². The molecule has 1 aliphatic heterocycles. The van der Waals surface area contributed by atoms with Gasteiger partial charge in [-0.25, -0.2) is 0 Å². The molecule has 142 valence electrons. The van der Waals surface area contributed by atoms with Crippen LogP contribution in [0.25, 0.3) is 0 Å². The van der Waals surface area contributed by atoms with E-state index in [1.807, 2.05) is 0 Å². The number of hydrogen-bond donors (Lipinski definition) is 0. The maximum absolute atomic E-state index is 11.3. The van der Waals surface area contributed by atoms with Crippen molar-refractivity contribution in [3.63, 3.8) is 0 Å². The first-order valence-electron chi connectivity index (χ1n) is 8.06. The van der Waals surface area contributed by atoms with Crippen molar-refractivity contribution in [3.05, 3.63) is 12.2 Å². The third kappa shape index (κ3) is 9.92. The minimum Gasteiger partial charge on any atom is -0.469 e. The van der Waals surface area contributed by atoms with Gasteiger partial charge in [-0.2, -0.15) is 0 Å². The van der Waals surface area contributed by atoms with Crippen LogP contribution in [0.3, 0.4) is 0 Å². The van der Waals surface area contributed by atoms with Crippen molar-refractivity contribution in [3.8, 4) is 0 Å². The van der Waals surface area contributed by atoms with Crippen LogP contribution >= 0.6 is 0 Å². The van der Waals surface area contributed by atoms with E-state index in [0.29, 0.717) is 46.2 Å². The highest BCUT2D eigenvalue weighted by Gasteiger charge is 2.22. The second-order valence-corrected chi connectivity index (χ2v) is 4.94. The average Bonchev–Trinajstić information content (AvgIpc) is 2.93. The molecule has 9 heteroatoms.